The highest BCUT2D eigenvalue weighted by Crippen LogP contribution is 2.21. The Morgan fingerprint density at radius 3 is 2.66 bits per heavy atom. The maximum Gasteiger partial charge on any atom is 0.251 e. The Kier molecular flexibility index (Phi) is 6.47. The second-order valence-electron chi connectivity index (χ2n) is 8.92. The van der Waals surface area contributed by atoms with Gasteiger partial charge in [-0.05, 0) is 37.1 Å². The number of nitrogens with one attached hydrogen (secondary N) is 1. The minimum absolute atomic E-state index is 0.102. The first kappa shape index (κ1) is 22.6. The summed E-state index contributed by atoms with van der Waals surface area (Å²) in [4.78, 5) is 33.4. The largest absolute Gasteiger partial charge is 0.352 e. The van der Waals surface area contributed by atoms with E-state index in [2.05, 4.69) is 25.7 Å². The molecule has 35 heavy (non-hydrogen) atoms. The Balaban J connectivity index is 1.37. The first-order chi connectivity index (χ1) is 17.0. The first-order valence-electron chi connectivity index (χ1n) is 11.8. The standard InChI is InChI=1S/C26H27N7O2/c1-18-10-12-19(13-11-18)26-29-31-33(30-26)17-25(35)32(16-24(34)28-21-7-3-4-8-21)22-14-20-6-2-5-9-23(20)27-15-22/h2,5-6,9-15,21H,3-4,7-8,16-17H2,1H3,(H,28,34). The molecule has 0 radical (unpaired) electrons. The molecule has 9 heteroatoms. The fraction of sp³-hybridized carbons (Fsp3) is 0.308. The zero-order valence-electron chi connectivity index (χ0n) is 19.6. The van der Waals surface area contributed by atoms with E-state index in [9.17, 15) is 9.59 Å². The average Bonchev–Trinajstić information content (AvgIpc) is 3.55. The number of anilines is 1. The van der Waals surface area contributed by atoms with E-state index < -0.39 is 0 Å². The van der Waals surface area contributed by atoms with E-state index >= 15 is 0 Å². The summed E-state index contributed by atoms with van der Waals surface area (Å²) >= 11 is 0. The zero-order valence-corrected chi connectivity index (χ0v) is 19.6. The predicted molar refractivity (Wildman–Crippen MR) is 132 cm³/mol. The smallest absolute Gasteiger partial charge is 0.251 e. The Labute approximate surface area is 203 Å². The second kappa shape index (κ2) is 10.0. The monoisotopic (exact) mass is 469 g/mol. The van der Waals surface area contributed by atoms with Crippen LogP contribution in [-0.4, -0.2) is 49.6 Å². The van der Waals surface area contributed by atoms with Crippen LogP contribution in [-0.2, 0) is 16.1 Å². The number of carbonyl (C=O) groups is 2. The van der Waals surface area contributed by atoms with Crippen molar-refractivity contribution < 1.29 is 9.59 Å². The molecule has 1 aliphatic rings. The molecule has 1 saturated carbocycles. The van der Waals surface area contributed by atoms with Crippen molar-refractivity contribution in [1.29, 1.82) is 0 Å². The number of aromatic nitrogens is 5. The van der Waals surface area contributed by atoms with E-state index in [1.165, 1.54) is 9.70 Å². The van der Waals surface area contributed by atoms with Crippen LogP contribution in [0.3, 0.4) is 0 Å². The van der Waals surface area contributed by atoms with Crippen LogP contribution in [0.5, 0.6) is 0 Å². The van der Waals surface area contributed by atoms with Gasteiger partial charge in [0.2, 0.25) is 11.7 Å². The molecule has 2 amide bonds. The van der Waals surface area contributed by atoms with Crippen molar-refractivity contribution in [2.45, 2.75) is 45.2 Å². The number of fused-ring (bicyclic) bond motifs is 1. The van der Waals surface area contributed by atoms with Gasteiger partial charge in [0, 0.05) is 17.0 Å². The third-order valence-corrected chi connectivity index (χ3v) is 6.25. The normalized spacial score (nSPS) is 13.7. The molecule has 2 heterocycles. The van der Waals surface area contributed by atoms with Crippen LogP contribution in [0, 0.1) is 6.92 Å². The summed E-state index contributed by atoms with van der Waals surface area (Å²) in [5.74, 6) is -0.0718. The van der Waals surface area contributed by atoms with Crippen LogP contribution in [0.15, 0.2) is 60.8 Å². The van der Waals surface area contributed by atoms with Crippen LogP contribution in [0.4, 0.5) is 5.69 Å². The van der Waals surface area contributed by atoms with Crippen LogP contribution in [0.1, 0.15) is 31.2 Å². The van der Waals surface area contributed by atoms with Crippen LogP contribution in [0.25, 0.3) is 22.3 Å². The molecular formula is C26H27N7O2. The van der Waals surface area contributed by atoms with Crippen molar-refractivity contribution in [2.24, 2.45) is 0 Å². The number of para-hydroxylation sites is 1. The van der Waals surface area contributed by atoms with Gasteiger partial charge in [-0.1, -0.05) is 60.9 Å². The van der Waals surface area contributed by atoms with E-state index in [4.69, 9.17) is 0 Å². The molecule has 0 unspecified atom stereocenters. The van der Waals surface area contributed by atoms with Gasteiger partial charge in [-0.3, -0.25) is 19.5 Å². The van der Waals surface area contributed by atoms with Crippen LogP contribution in [0.2, 0.25) is 0 Å². The Morgan fingerprint density at radius 2 is 1.86 bits per heavy atom. The Bertz CT molecular complexity index is 1340. The lowest BCUT2D eigenvalue weighted by Gasteiger charge is -2.23. The van der Waals surface area contributed by atoms with Crippen molar-refractivity contribution in [3.05, 3.63) is 66.4 Å². The molecule has 5 rings (SSSR count). The first-order valence-corrected chi connectivity index (χ1v) is 11.8. The van der Waals surface area contributed by atoms with Gasteiger partial charge in [-0.2, -0.15) is 4.80 Å². The van der Waals surface area contributed by atoms with Crippen molar-refractivity contribution in [2.75, 3.05) is 11.4 Å². The molecule has 4 aromatic rings. The Morgan fingerprint density at radius 1 is 1.09 bits per heavy atom. The number of hydrogen-bond acceptors (Lipinski definition) is 6. The number of amides is 2. The molecule has 0 bridgehead atoms. The van der Waals surface area contributed by atoms with E-state index in [-0.39, 0.29) is 30.9 Å². The van der Waals surface area contributed by atoms with Crippen molar-refractivity contribution >= 4 is 28.4 Å². The molecule has 2 aromatic carbocycles. The number of tetrazole rings is 1. The van der Waals surface area contributed by atoms with Crippen molar-refractivity contribution in [3.63, 3.8) is 0 Å². The van der Waals surface area contributed by atoms with Crippen molar-refractivity contribution in [3.8, 4) is 11.4 Å². The number of benzene rings is 2. The van der Waals surface area contributed by atoms with Gasteiger partial charge in [0.05, 0.1) is 17.4 Å². The molecular weight excluding hydrogens is 442 g/mol. The minimum atomic E-state index is -0.323. The topological polar surface area (TPSA) is 106 Å². The molecule has 178 valence electrons. The lowest BCUT2D eigenvalue weighted by Crippen LogP contribution is -2.45. The van der Waals surface area contributed by atoms with E-state index in [0.29, 0.717) is 11.5 Å². The highest BCUT2D eigenvalue weighted by atomic mass is 16.2. The highest BCUT2D eigenvalue weighted by Gasteiger charge is 2.24. The summed E-state index contributed by atoms with van der Waals surface area (Å²) in [5, 5.41) is 16.5. The lowest BCUT2D eigenvalue weighted by atomic mass is 10.1. The van der Waals surface area contributed by atoms with Gasteiger partial charge >= 0.3 is 0 Å². The number of nitrogens with zero attached hydrogens (tertiary/aromatic N) is 6. The molecule has 0 saturated heterocycles. The summed E-state index contributed by atoms with van der Waals surface area (Å²) in [6.07, 6.45) is 5.80. The third kappa shape index (κ3) is 5.34. The van der Waals surface area contributed by atoms with Gasteiger partial charge < -0.3 is 5.32 Å². The molecule has 2 aromatic heterocycles. The Hall–Kier alpha value is -4.14. The van der Waals surface area contributed by atoms with Crippen LogP contribution < -0.4 is 10.2 Å². The summed E-state index contributed by atoms with van der Waals surface area (Å²) in [7, 11) is 0. The number of hydrogen-bond donors (Lipinski definition) is 1. The quantitative estimate of drug-likeness (QED) is 0.445. The molecule has 0 atom stereocenters. The molecule has 1 N–H and O–H groups in total. The molecule has 1 aliphatic carbocycles. The van der Waals surface area contributed by atoms with Crippen LogP contribution >= 0.6 is 0 Å². The van der Waals surface area contributed by atoms with Gasteiger partial charge in [0.1, 0.15) is 13.1 Å². The molecule has 0 aliphatic heterocycles. The van der Waals surface area contributed by atoms with E-state index in [1.54, 1.807) is 6.20 Å². The molecule has 9 nitrogen and oxygen atoms in total. The van der Waals surface area contributed by atoms with E-state index in [0.717, 1.165) is 47.7 Å². The molecule has 0 spiro atoms. The molecule has 1 fully saturated rings. The summed E-state index contributed by atoms with van der Waals surface area (Å²) in [6, 6.07) is 17.5. The summed E-state index contributed by atoms with van der Waals surface area (Å²) in [6.45, 7) is 1.75. The van der Waals surface area contributed by atoms with Gasteiger partial charge in [0.25, 0.3) is 5.91 Å². The lowest BCUT2D eigenvalue weighted by molar-refractivity contribution is -0.124. The fourth-order valence-corrected chi connectivity index (χ4v) is 4.35. The number of pyridine rings is 1. The van der Waals surface area contributed by atoms with Gasteiger partial charge in [-0.15, -0.1) is 10.2 Å². The van der Waals surface area contributed by atoms with E-state index in [1.807, 2.05) is 61.5 Å². The third-order valence-electron chi connectivity index (χ3n) is 6.25. The van der Waals surface area contributed by atoms with Gasteiger partial charge in [0.15, 0.2) is 0 Å². The maximum absolute atomic E-state index is 13.4. The second-order valence-corrected chi connectivity index (χ2v) is 8.92. The number of rotatable bonds is 7. The number of aryl methyl sites for hydroxylation is 1. The fourth-order valence-electron chi connectivity index (χ4n) is 4.35. The van der Waals surface area contributed by atoms with Crippen molar-refractivity contribution in [1.82, 2.24) is 30.5 Å². The zero-order chi connectivity index (χ0) is 24.2. The summed E-state index contributed by atoms with van der Waals surface area (Å²) in [5.41, 5.74) is 3.32. The minimum Gasteiger partial charge on any atom is -0.352 e. The predicted octanol–water partition coefficient (Wildman–Crippen LogP) is 3.29. The maximum atomic E-state index is 13.4. The average molecular weight is 470 g/mol. The van der Waals surface area contributed by atoms with Gasteiger partial charge in [-0.25, -0.2) is 0 Å². The SMILES string of the molecule is Cc1ccc(-c2nnn(CC(=O)N(CC(=O)NC3CCCC3)c3cnc4ccccc4c3)n2)cc1. The number of carbonyl (C=O) groups excluding carboxylic acids is 2. The highest BCUT2D eigenvalue weighted by molar-refractivity contribution is 5.99. The summed E-state index contributed by atoms with van der Waals surface area (Å²) < 4.78 is 0.